The predicted octanol–water partition coefficient (Wildman–Crippen LogP) is 6.50. The van der Waals surface area contributed by atoms with Gasteiger partial charge in [0.05, 0.1) is 6.26 Å². The lowest BCUT2D eigenvalue weighted by molar-refractivity contribution is -0.144. The lowest BCUT2D eigenvalue weighted by Crippen LogP contribution is -2.08. The summed E-state index contributed by atoms with van der Waals surface area (Å²) in [5.74, 6) is -0.127. The number of esters is 1. The molecule has 0 saturated heterocycles. The van der Waals surface area contributed by atoms with Gasteiger partial charge in [-0.25, -0.2) is 0 Å². The molecule has 0 N–H and O–H groups in total. The number of carbonyl (C=O) groups is 1. The van der Waals surface area contributed by atoms with Crippen LogP contribution in [-0.2, 0) is 14.3 Å². The summed E-state index contributed by atoms with van der Waals surface area (Å²) in [6.45, 7) is 6.37. The lowest BCUT2D eigenvalue weighted by Gasteiger charge is -2.04. The number of hydrogen-bond donors (Lipinski definition) is 0. The fourth-order valence-electron chi connectivity index (χ4n) is 2.44. The van der Waals surface area contributed by atoms with Crippen molar-refractivity contribution in [3.8, 4) is 0 Å². The first-order chi connectivity index (χ1) is 12.3. The average Bonchev–Trinajstić information content (AvgIpc) is 2.62. The Bertz CT molecular complexity index is 358. The Morgan fingerprint density at radius 3 is 2.16 bits per heavy atom. The summed E-state index contributed by atoms with van der Waals surface area (Å²) in [6, 6.07) is 0. The van der Waals surface area contributed by atoms with Crippen LogP contribution in [0.1, 0.15) is 84.0 Å². The maximum atomic E-state index is 11.4. The predicted molar refractivity (Wildman–Crippen MR) is 106 cm³/mol. The Morgan fingerprint density at radius 1 is 0.840 bits per heavy atom. The zero-order chi connectivity index (χ0) is 18.4. The van der Waals surface area contributed by atoms with Gasteiger partial charge in [0.25, 0.3) is 0 Å². The molecule has 0 radical (unpaired) electrons. The largest absolute Gasteiger partial charge is 0.498 e. The zero-order valence-corrected chi connectivity index (χ0v) is 16.2. The van der Waals surface area contributed by atoms with E-state index in [2.05, 4.69) is 37.8 Å². The SMILES string of the molecule is C=COCCOC(=O)CCCCCCC/C=C\C/C=C\CCCCC. The van der Waals surface area contributed by atoms with Crippen LogP contribution in [0.15, 0.2) is 37.1 Å². The molecule has 0 spiro atoms. The van der Waals surface area contributed by atoms with E-state index >= 15 is 0 Å². The Labute approximate surface area is 155 Å². The number of allylic oxidation sites excluding steroid dienone is 4. The average molecular weight is 351 g/mol. The fraction of sp³-hybridized carbons (Fsp3) is 0.682. The molecule has 0 aliphatic rings. The van der Waals surface area contributed by atoms with E-state index < -0.39 is 0 Å². The molecule has 0 rings (SSSR count). The molecule has 0 aromatic heterocycles. The Balaban J connectivity index is 3.26. The second-order valence-electron chi connectivity index (χ2n) is 6.24. The lowest BCUT2D eigenvalue weighted by atomic mass is 10.1. The van der Waals surface area contributed by atoms with Crippen molar-refractivity contribution < 1.29 is 14.3 Å². The molecular weight excluding hydrogens is 312 g/mol. The highest BCUT2D eigenvalue weighted by molar-refractivity contribution is 5.69. The van der Waals surface area contributed by atoms with Gasteiger partial charge in [-0.15, -0.1) is 0 Å². The standard InChI is InChI=1S/C22H38O3/c1-3-5-6-7-8-9-10-11-12-13-14-15-16-17-18-19-22(23)25-21-20-24-4-2/h4,8-9,11-12H,2-3,5-7,10,13-21H2,1H3/b9-8-,12-11-. The van der Waals surface area contributed by atoms with Crippen LogP contribution in [0, 0.1) is 0 Å². The van der Waals surface area contributed by atoms with Crippen molar-refractivity contribution in [3.63, 3.8) is 0 Å². The van der Waals surface area contributed by atoms with Crippen molar-refractivity contribution in [2.45, 2.75) is 84.0 Å². The number of carbonyl (C=O) groups excluding carboxylic acids is 1. The molecule has 0 amide bonds. The van der Waals surface area contributed by atoms with Crippen LogP contribution in [0.4, 0.5) is 0 Å². The zero-order valence-electron chi connectivity index (χ0n) is 16.2. The smallest absolute Gasteiger partial charge is 0.305 e. The maximum Gasteiger partial charge on any atom is 0.305 e. The quantitative estimate of drug-likeness (QED) is 0.122. The molecule has 0 saturated carbocycles. The molecule has 0 unspecified atom stereocenters. The molecular formula is C22H38O3. The molecule has 25 heavy (non-hydrogen) atoms. The first-order valence-corrected chi connectivity index (χ1v) is 9.99. The van der Waals surface area contributed by atoms with Crippen molar-refractivity contribution >= 4 is 5.97 Å². The second-order valence-corrected chi connectivity index (χ2v) is 6.24. The molecule has 3 nitrogen and oxygen atoms in total. The van der Waals surface area contributed by atoms with Crippen molar-refractivity contribution in [1.82, 2.24) is 0 Å². The van der Waals surface area contributed by atoms with E-state index in [-0.39, 0.29) is 5.97 Å². The highest BCUT2D eigenvalue weighted by atomic mass is 16.6. The summed E-state index contributed by atoms with van der Waals surface area (Å²) < 4.78 is 9.93. The van der Waals surface area contributed by atoms with Gasteiger partial charge >= 0.3 is 5.97 Å². The van der Waals surface area contributed by atoms with E-state index in [1.807, 2.05) is 0 Å². The van der Waals surface area contributed by atoms with Gasteiger partial charge in [-0.3, -0.25) is 4.79 Å². The first kappa shape index (κ1) is 23.5. The van der Waals surface area contributed by atoms with Gasteiger partial charge in [0.15, 0.2) is 0 Å². The summed E-state index contributed by atoms with van der Waals surface area (Å²) in [7, 11) is 0. The van der Waals surface area contributed by atoms with E-state index in [0.29, 0.717) is 19.6 Å². The summed E-state index contributed by atoms with van der Waals surface area (Å²) in [4.78, 5) is 11.4. The highest BCUT2D eigenvalue weighted by Gasteiger charge is 2.01. The van der Waals surface area contributed by atoms with Gasteiger partial charge in [0.1, 0.15) is 13.2 Å². The first-order valence-electron chi connectivity index (χ1n) is 9.99. The molecule has 0 atom stereocenters. The minimum Gasteiger partial charge on any atom is -0.498 e. The van der Waals surface area contributed by atoms with E-state index in [4.69, 9.17) is 9.47 Å². The molecule has 3 heteroatoms. The third kappa shape index (κ3) is 20.4. The summed E-state index contributed by atoms with van der Waals surface area (Å²) in [5.41, 5.74) is 0. The highest BCUT2D eigenvalue weighted by Crippen LogP contribution is 2.08. The second kappa shape index (κ2) is 20.5. The summed E-state index contributed by atoms with van der Waals surface area (Å²) in [6.07, 6.45) is 24.1. The molecule has 0 fully saturated rings. The molecule has 0 heterocycles. The third-order valence-electron chi connectivity index (χ3n) is 3.91. The normalized spacial score (nSPS) is 11.2. The molecule has 0 aliphatic heterocycles. The van der Waals surface area contributed by atoms with Gasteiger partial charge in [-0.1, -0.05) is 69.9 Å². The number of ether oxygens (including phenoxy) is 2. The number of rotatable bonds is 18. The van der Waals surface area contributed by atoms with Crippen molar-refractivity contribution in [2.75, 3.05) is 13.2 Å². The van der Waals surface area contributed by atoms with Crippen LogP contribution in [0.25, 0.3) is 0 Å². The molecule has 0 aromatic carbocycles. The van der Waals surface area contributed by atoms with Crippen molar-refractivity contribution in [1.29, 1.82) is 0 Å². The van der Waals surface area contributed by atoms with Gasteiger partial charge in [-0.2, -0.15) is 0 Å². The monoisotopic (exact) mass is 350 g/mol. The summed E-state index contributed by atoms with van der Waals surface area (Å²) >= 11 is 0. The minimum atomic E-state index is -0.127. The summed E-state index contributed by atoms with van der Waals surface area (Å²) in [5, 5.41) is 0. The molecule has 144 valence electrons. The fourth-order valence-corrected chi connectivity index (χ4v) is 2.44. The minimum absolute atomic E-state index is 0.127. The van der Waals surface area contributed by atoms with E-state index in [1.165, 1.54) is 51.2 Å². The Morgan fingerprint density at radius 2 is 1.48 bits per heavy atom. The number of unbranched alkanes of at least 4 members (excludes halogenated alkanes) is 8. The maximum absolute atomic E-state index is 11.4. The van der Waals surface area contributed by atoms with Crippen LogP contribution in [0.2, 0.25) is 0 Å². The third-order valence-corrected chi connectivity index (χ3v) is 3.91. The van der Waals surface area contributed by atoms with Crippen molar-refractivity contribution in [2.24, 2.45) is 0 Å². The van der Waals surface area contributed by atoms with Gasteiger partial charge in [0, 0.05) is 6.42 Å². The van der Waals surface area contributed by atoms with Crippen LogP contribution >= 0.6 is 0 Å². The van der Waals surface area contributed by atoms with Gasteiger partial charge < -0.3 is 9.47 Å². The van der Waals surface area contributed by atoms with Crippen LogP contribution in [0.5, 0.6) is 0 Å². The Hall–Kier alpha value is -1.51. The topological polar surface area (TPSA) is 35.5 Å². The molecule has 0 aromatic rings. The van der Waals surface area contributed by atoms with Gasteiger partial charge in [0.2, 0.25) is 0 Å². The van der Waals surface area contributed by atoms with Crippen LogP contribution < -0.4 is 0 Å². The Kier molecular flexibility index (Phi) is 19.3. The van der Waals surface area contributed by atoms with E-state index in [9.17, 15) is 4.79 Å². The van der Waals surface area contributed by atoms with Crippen LogP contribution in [0.3, 0.4) is 0 Å². The van der Waals surface area contributed by atoms with E-state index in [1.54, 1.807) is 0 Å². The molecule has 0 aliphatic carbocycles. The van der Waals surface area contributed by atoms with E-state index in [0.717, 1.165) is 25.7 Å². The van der Waals surface area contributed by atoms with Crippen molar-refractivity contribution in [3.05, 3.63) is 37.1 Å². The molecule has 0 bridgehead atoms. The number of hydrogen-bond acceptors (Lipinski definition) is 3. The van der Waals surface area contributed by atoms with Crippen LogP contribution in [-0.4, -0.2) is 19.2 Å². The van der Waals surface area contributed by atoms with Gasteiger partial charge in [-0.05, 0) is 38.5 Å².